The number of anilines is 2. The summed E-state index contributed by atoms with van der Waals surface area (Å²) in [5, 5.41) is 0. The topological polar surface area (TPSA) is 67.3 Å². The largest absolute Gasteiger partial charge is 0.478 e. The molecule has 3 aliphatic rings. The molecule has 4 heterocycles. The summed E-state index contributed by atoms with van der Waals surface area (Å²) >= 11 is 0. The third kappa shape index (κ3) is 3.47. The number of nitrogens with zero attached hydrogens (tertiary/aromatic N) is 6. The first-order chi connectivity index (χ1) is 14.1. The Morgan fingerprint density at radius 3 is 2.62 bits per heavy atom. The average Bonchev–Trinajstić information content (AvgIpc) is 3.52. The lowest BCUT2D eigenvalue weighted by Crippen LogP contribution is -2.49. The lowest BCUT2D eigenvalue weighted by Gasteiger charge is -2.39. The molecule has 0 amide bonds. The van der Waals surface area contributed by atoms with E-state index in [9.17, 15) is 8.78 Å². The van der Waals surface area contributed by atoms with Crippen molar-refractivity contribution in [2.24, 2.45) is 5.92 Å². The Morgan fingerprint density at radius 1 is 1.07 bits per heavy atom. The molecule has 2 aromatic rings. The monoisotopic (exact) mass is 402 g/mol. The average molecular weight is 402 g/mol. The van der Waals surface area contributed by atoms with Gasteiger partial charge in [0.05, 0.1) is 13.2 Å². The molecule has 1 saturated carbocycles. The van der Waals surface area contributed by atoms with Crippen LogP contribution in [0.3, 0.4) is 0 Å². The Hall–Kier alpha value is -2.58. The van der Waals surface area contributed by atoms with Crippen molar-refractivity contribution in [2.75, 3.05) is 36.5 Å². The molecule has 2 saturated heterocycles. The molecule has 1 aliphatic carbocycles. The van der Waals surface area contributed by atoms with Crippen molar-refractivity contribution in [1.82, 2.24) is 19.9 Å². The fourth-order valence-electron chi connectivity index (χ4n) is 4.55. The van der Waals surface area contributed by atoms with Gasteiger partial charge >= 0.3 is 0 Å². The van der Waals surface area contributed by atoms with Crippen molar-refractivity contribution in [3.05, 3.63) is 30.0 Å². The number of hydrogen-bond donors (Lipinski definition) is 0. The van der Waals surface area contributed by atoms with Crippen molar-refractivity contribution >= 4 is 11.6 Å². The fraction of sp³-hybridized carbons (Fsp3) is 0.600. The van der Waals surface area contributed by atoms with Crippen LogP contribution in [0.1, 0.15) is 49.5 Å². The molecule has 0 bridgehead atoms. The van der Waals surface area contributed by atoms with Crippen LogP contribution >= 0.6 is 0 Å². The summed E-state index contributed by atoms with van der Waals surface area (Å²) in [6.45, 7) is 2.44. The zero-order valence-corrected chi connectivity index (χ0v) is 16.3. The van der Waals surface area contributed by atoms with Crippen molar-refractivity contribution in [3.63, 3.8) is 0 Å². The summed E-state index contributed by atoms with van der Waals surface area (Å²) in [5.74, 6) is 3.20. The zero-order valence-electron chi connectivity index (χ0n) is 16.3. The highest BCUT2D eigenvalue weighted by atomic mass is 19.3. The fourth-order valence-corrected chi connectivity index (χ4v) is 4.55. The van der Waals surface area contributed by atoms with E-state index in [4.69, 9.17) is 9.72 Å². The maximum Gasteiger partial charge on any atom is 0.280 e. The van der Waals surface area contributed by atoms with Gasteiger partial charge in [-0.15, -0.1) is 0 Å². The second-order valence-corrected chi connectivity index (χ2v) is 8.02. The summed E-state index contributed by atoms with van der Waals surface area (Å²) in [6.07, 6.45) is 4.73. The zero-order chi connectivity index (χ0) is 20.0. The predicted molar refractivity (Wildman–Crippen MR) is 104 cm³/mol. The van der Waals surface area contributed by atoms with Gasteiger partial charge in [-0.2, -0.15) is 0 Å². The molecule has 2 aliphatic heterocycles. The second kappa shape index (κ2) is 7.35. The van der Waals surface area contributed by atoms with Gasteiger partial charge in [0, 0.05) is 44.0 Å². The lowest BCUT2D eigenvalue weighted by atomic mass is 9.92. The van der Waals surface area contributed by atoms with Crippen LogP contribution in [-0.4, -0.2) is 52.7 Å². The van der Waals surface area contributed by atoms with Crippen LogP contribution in [0, 0.1) is 5.92 Å². The van der Waals surface area contributed by atoms with Crippen molar-refractivity contribution in [1.29, 1.82) is 0 Å². The Kier molecular flexibility index (Phi) is 4.67. The molecule has 0 radical (unpaired) electrons. The number of piperidine rings is 1. The summed E-state index contributed by atoms with van der Waals surface area (Å²) < 4.78 is 32.3. The van der Waals surface area contributed by atoms with Gasteiger partial charge in [0.15, 0.2) is 5.82 Å². The van der Waals surface area contributed by atoms with Gasteiger partial charge in [-0.3, -0.25) is 0 Å². The molecule has 29 heavy (non-hydrogen) atoms. The first kappa shape index (κ1) is 18.4. The van der Waals surface area contributed by atoms with E-state index in [1.165, 1.54) is 6.07 Å². The standard InChI is InChI=1S/C20H24F2N6O/c1-29-20-19(23-6-7-24-20)27-8-4-12-5-9-28(15(12)11-27)16-10-14(17(21)22)25-18(26-16)13-2-3-13/h6-7,10,12-13,15,17H,2-5,8-9,11H2,1H3. The quantitative estimate of drug-likeness (QED) is 0.761. The molecule has 0 N–H and O–H groups in total. The van der Waals surface area contributed by atoms with Gasteiger partial charge in [0.25, 0.3) is 12.3 Å². The van der Waals surface area contributed by atoms with E-state index < -0.39 is 6.43 Å². The molecular formula is C20H24F2N6O. The van der Waals surface area contributed by atoms with Crippen LogP contribution in [-0.2, 0) is 0 Å². The summed E-state index contributed by atoms with van der Waals surface area (Å²) in [5.41, 5.74) is -0.163. The van der Waals surface area contributed by atoms with Gasteiger partial charge < -0.3 is 14.5 Å². The van der Waals surface area contributed by atoms with Crippen LogP contribution in [0.4, 0.5) is 20.4 Å². The van der Waals surface area contributed by atoms with E-state index in [2.05, 4.69) is 24.8 Å². The number of aromatic nitrogens is 4. The highest BCUT2D eigenvalue weighted by molar-refractivity contribution is 5.51. The first-order valence-corrected chi connectivity index (χ1v) is 10.2. The number of rotatable bonds is 5. The van der Waals surface area contributed by atoms with E-state index in [-0.39, 0.29) is 17.7 Å². The minimum absolute atomic E-state index is 0.163. The minimum atomic E-state index is -2.58. The van der Waals surface area contributed by atoms with Crippen LogP contribution in [0.5, 0.6) is 5.88 Å². The van der Waals surface area contributed by atoms with Gasteiger partial charge in [-0.1, -0.05) is 0 Å². The molecule has 2 aromatic heterocycles. The number of fused-ring (bicyclic) bond motifs is 1. The molecule has 154 valence electrons. The number of hydrogen-bond acceptors (Lipinski definition) is 7. The molecule has 9 heteroatoms. The molecule has 5 rings (SSSR count). The number of methoxy groups -OCH3 is 1. The van der Waals surface area contributed by atoms with Crippen molar-refractivity contribution in [3.8, 4) is 5.88 Å². The molecule has 0 spiro atoms. The van der Waals surface area contributed by atoms with E-state index in [1.54, 1.807) is 19.5 Å². The van der Waals surface area contributed by atoms with Crippen LogP contribution < -0.4 is 14.5 Å². The number of halogens is 2. The maximum absolute atomic E-state index is 13.5. The molecule has 7 nitrogen and oxygen atoms in total. The van der Waals surface area contributed by atoms with Crippen molar-refractivity contribution < 1.29 is 13.5 Å². The van der Waals surface area contributed by atoms with Gasteiger partial charge in [-0.05, 0) is 31.6 Å². The smallest absolute Gasteiger partial charge is 0.280 e. The Labute approximate surface area is 168 Å². The summed E-state index contributed by atoms with van der Waals surface area (Å²) in [6, 6.07) is 1.67. The van der Waals surface area contributed by atoms with Crippen LogP contribution in [0.25, 0.3) is 0 Å². The van der Waals surface area contributed by atoms with E-state index in [0.717, 1.165) is 51.1 Å². The Morgan fingerprint density at radius 2 is 1.86 bits per heavy atom. The molecule has 2 unspecified atom stereocenters. The third-order valence-electron chi connectivity index (χ3n) is 6.21. The summed E-state index contributed by atoms with van der Waals surface area (Å²) in [4.78, 5) is 21.9. The molecule has 0 aromatic carbocycles. The SMILES string of the molecule is COc1nccnc1N1CCC2CCN(c3cc(C(F)F)nc(C4CC4)n3)C2C1. The predicted octanol–water partition coefficient (Wildman–Crippen LogP) is 3.20. The highest BCUT2D eigenvalue weighted by Crippen LogP contribution is 2.41. The minimum Gasteiger partial charge on any atom is -0.478 e. The molecule has 2 atom stereocenters. The summed E-state index contributed by atoms with van der Waals surface area (Å²) in [7, 11) is 1.59. The Balaban J connectivity index is 1.44. The normalized spacial score (nSPS) is 24.1. The molecular weight excluding hydrogens is 378 g/mol. The number of ether oxygens (including phenoxy) is 1. The molecule has 3 fully saturated rings. The van der Waals surface area contributed by atoms with E-state index >= 15 is 0 Å². The highest BCUT2D eigenvalue weighted by Gasteiger charge is 2.41. The van der Waals surface area contributed by atoms with Gasteiger partial charge in [0.1, 0.15) is 17.3 Å². The van der Waals surface area contributed by atoms with Crippen LogP contribution in [0.15, 0.2) is 18.5 Å². The van der Waals surface area contributed by atoms with E-state index in [1.807, 2.05) is 0 Å². The van der Waals surface area contributed by atoms with Crippen molar-refractivity contribution in [2.45, 2.75) is 44.1 Å². The second-order valence-electron chi connectivity index (χ2n) is 8.02. The van der Waals surface area contributed by atoms with Crippen LogP contribution in [0.2, 0.25) is 0 Å². The van der Waals surface area contributed by atoms with Gasteiger partial charge in [-0.25, -0.2) is 28.7 Å². The third-order valence-corrected chi connectivity index (χ3v) is 6.21. The first-order valence-electron chi connectivity index (χ1n) is 10.2. The maximum atomic E-state index is 13.5. The Bertz CT molecular complexity index is 873. The van der Waals surface area contributed by atoms with E-state index in [0.29, 0.717) is 23.4 Å². The lowest BCUT2D eigenvalue weighted by molar-refractivity contribution is 0.145. The van der Waals surface area contributed by atoms with Gasteiger partial charge in [0.2, 0.25) is 0 Å². The number of alkyl halides is 2.